The molecule has 0 saturated carbocycles. The number of halogens is 9. The highest BCUT2D eigenvalue weighted by Gasteiger charge is 2.96. The van der Waals surface area contributed by atoms with Gasteiger partial charge < -0.3 is 9.80 Å². The molecule has 0 radical (unpaired) electrons. The molecule has 3 atom stereocenters. The van der Waals surface area contributed by atoms with E-state index in [9.17, 15) is 44.3 Å². The van der Waals surface area contributed by atoms with Crippen molar-refractivity contribution in [1.82, 2.24) is 4.90 Å². The Kier molecular flexibility index (Phi) is 4.72. The van der Waals surface area contributed by atoms with E-state index in [4.69, 9.17) is 0 Å². The number of hydrogen-bond acceptors (Lipinski definition) is 3. The molecule has 32 heavy (non-hydrogen) atoms. The monoisotopic (exact) mass is 476 g/mol. The molecule has 0 aromatic heterocycles. The van der Waals surface area contributed by atoms with Crippen molar-refractivity contribution in [3.63, 3.8) is 0 Å². The van der Waals surface area contributed by atoms with Gasteiger partial charge in [0.2, 0.25) is 0 Å². The number of amides is 1. The SMILES string of the molecule is Cc1ccc2c(c1)[C@@H]1CN(C)CC[C@H]1N2C(=O)C(F)(F)[C@@]1(F)OC(F)(F)C(F)(F)C1(F)F. The van der Waals surface area contributed by atoms with Gasteiger partial charge in [-0.1, -0.05) is 17.7 Å². The summed E-state index contributed by atoms with van der Waals surface area (Å²) in [5.74, 6) is -28.9. The molecule has 4 nitrogen and oxygen atoms in total. The Labute approximate surface area is 175 Å². The summed E-state index contributed by atoms with van der Waals surface area (Å²) >= 11 is 0. The number of rotatable bonds is 2. The predicted molar refractivity (Wildman–Crippen MR) is 92.0 cm³/mol. The van der Waals surface area contributed by atoms with E-state index in [0.29, 0.717) is 22.6 Å². The molecule has 2 fully saturated rings. The van der Waals surface area contributed by atoms with Gasteiger partial charge in [-0.3, -0.25) is 9.53 Å². The maximum absolute atomic E-state index is 14.9. The lowest BCUT2D eigenvalue weighted by atomic mass is 9.88. The summed E-state index contributed by atoms with van der Waals surface area (Å²) < 4.78 is 129. The van der Waals surface area contributed by atoms with Crippen LogP contribution in [-0.4, -0.2) is 66.7 Å². The van der Waals surface area contributed by atoms with Crippen LogP contribution in [0.1, 0.15) is 23.5 Å². The lowest BCUT2D eigenvalue weighted by Crippen LogP contribution is -2.66. The zero-order chi connectivity index (χ0) is 24.1. The molecule has 1 aromatic rings. The highest BCUT2D eigenvalue weighted by Crippen LogP contribution is 2.65. The topological polar surface area (TPSA) is 32.8 Å². The van der Waals surface area contributed by atoms with Gasteiger partial charge in [0, 0.05) is 24.2 Å². The van der Waals surface area contributed by atoms with Crippen LogP contribution >= 0.6 is 0 Å². The van der Waals surface area contributed by atoms with E-state index in [1.165, 1.54) is 12.1 Å². The van der Waals surface area contributed by atoms with Crippen LogP contribution in [-0.2, 0) is 9.53 Å². The second kappa shape index (κ2) is 6.52. The molecule has 3 aliphatic rings. The van der Waals surface area contributed by atoms with Crippen molar-refractivity contribution in [2.24, 2.45) is 0 Å². The van der Waals surface area contributed by atoms with Crippen molar-refractivity contribution in [3.05, 3.63) is 29.3 Å². The number of benzene rings is 1. The summed E-state index contributed by atoms with van der Waals surface area (Å²) in [6.07, 6.45) is -6.20. The Morgan fingerprint density at radius 3 is 2.28 bits per heavy atom. The van der Waals surface area contributed by atoms with Crippen molar-refractivity contribution >= 4 is 11.6 Å². The summed E-state index contributed by atoms with van der Waals surface area (Å²) in [6, 6.07) is 3.19. The predicted octanol–water partition coefficient (Wildman–Crippen LogP) is 4.32. The number of nitrogens with zero attached hydrogens (tertiary/aromatic N) is 2. The second-order valence-electron chi connectivity index (χ2n) is 8.40. The average molecular weight is 476 g/mol. The van der Waals surface area contributed by atoms with Gasteiger partial charge in [0.05, 0.1) is 0 Å². The van der Waals surface area contributed by atoms with Gasteiger partial charge in [0.1, 0.15) is 0 Å². The molecule has 1 amide bonds. The lowest BCUT2D eigenvalue weighted by molar-refractivity contribution is -0.366. The molecule has 3 aliphatic heterocycles. The standard InChI is InChI=1S/C19H17F9N2O2/c1-9-3-4-12-10(7-9)11-8-29(2)6-5-13(11)30(12)14(31)15(20,21)18(26)16(22,23)17(24,25)19(27,28)32-18/h3-4,7,11,13H,5-6,8H2,1-2H3/t11-,13+,18+/m0/s1. The van der Waals surface area contributed by atoms with Crippen LogP contribution in [0, 0.1) is 6.92 Å². The molecule has 1 aromatic carbocycles. The first-order valence-corrected chi connectivity index (χ1v) is 9.52. The van der Waals surface area contributed by atoms with E-state index in [2.05, 4.69) is 4.74 Å². The number of anilines is 1. The molecule has 178 valence electrons. The molecule has 0 N–H and O–H groups in total. The van der Waals surface area contributed by atoms with Gasteiger partial charge in [-0.05, 0) is 38.6 Å². The minimum Gasteiger partial charge on any atom is -0.306 e. The van der Waals surface area contributed by atoms with E-state index >= 15 is 0 Å². The van der Waals surface area contributed by atoms with E-state index in [-0.39, 0.29) is 18.7 Å². The van der Waals surface area contributed by atoms with Crippen LogP contribution in [0.4, 0.5) is 45.2 Å². The quantitative estimate of drug-likeness (QED) is 0.597. The number of hydrogen-bond donors (Lipinski definition) is 0. The third-order valence-corrected chi connectivity index (χ3v) is 6.28. The second-order valence-corrected chi connectivity index (χ2v) is 8.40. The number of aryl methyl sites for hydroxylation is 1. The summed E-state index contributed by atoms with van der Waals surface area (Å²) in [6.45, 7) is 2.25. The number of ether oxygens (including phenoxy) is 1. The van der Waals surface area contributed by atoms with E-state index < -0.39 is 47.6 Å². The van der Waals surface area contributed by atoms with Crippen LogP contribution in [0.2, 0.25) is 0 Å². The van der Waals surface area contributed by atoms with Crippen LogP contribution < -0.4 is 4.90 Å². The fourth-order valence-corrected chi connectivity index (χ4v) is 4.59. The van der Waals surface area contributed by atoms with Gasteiger partial charge in [0.15, 0.2) is 0 Å². The first-order valence-electron chi connectivity index (χ1n) is 9.52. The van der Waals surface area contributed by atoms with Crippen LogP contribution in [0.25, 0.3) is 0 Å². The van der Waals surface area contributed by atoms with Crippen LogP contribution in [0.3, 0.4) is 0 Å². The Bertz CT molecular complexity index is 970. The molecule has 0 unspecified atom stereocenters. The fourth-order valence-electron chi connectivity index (χ4n) is 4.59. The third kappa shape index (κ3) is 2.63. The summed E-state index contributed by atoms with van der Waals surface area (Å²) in [4.78, 5) is 14.9. The van der Waals surface area contributed by atoms with E-state index in [1.54, 1.807) is 20.0 Å². The Morgan fingerprint density at radius 2 is 1.72 bits per heavy atom. The Balaban J connectivity index is 1.80. The minimum absolute atomic E-state index is 0.0690. The molecule has 13 heteroatoms. The number of likely N-dealkylation sites (tertiary alicyclic amines) is 1. The zero-order valence-corrected chi connectivity index (χ0v) is 16.6. The Hall–Kier alpha value is -2.02. The third-order valence-electron chi connectivity index (χ3n) is 6.28. The number of fused-ring (bicyclic) bond motifs is 3. The molecular formula is C19H17F9N2O2. The average Bonchev–Trinajstić information content (AvgIpc) is 3.03. The molecule has 0 aliphatic carbocycles. The van der Waals surface area contributed by atoms with E-state index in [0.717, 1.165) is 0 Å². The van der Waals surface area contributed by atoms with Crippen LogP contribution in [0.15, 0.2) is 18.2 Å². The molecular weight excluding hydrogens is 459 g/mol. The van der Waals surface area contributed by atoms with Crippen molar-refractivity contribution < 1.29 is 49.0 Å². The molecule has 0 bridgehead atoms. The first-order chi connectivity index (χ1) is 14.5. The van der Waals surface area contributed by atoms with Gasteiger partial charge >= 0.3 is 35.6 Å². The van der Waals surface area contributed by atoms with Gasteiger partial charge in [0.25, 0.3) is 0 Å². The molecule has 2 saturated heterocycles. The van der Waals surface area contributed by atoms with Crippen LogP contribution in [0.5, 0.6) is 0 Å². The largest absolute Gasteiger partial charge is 0.428 e. The minimum atomic E-state index is -6.70. The summed E-state index contributed by atoms with van der Waals surface area (Å²) in [5.41, 5.74) is 0.922. The summed E-state index contributed by atoms with van der Waals surface area (Å²) in [7, 11) is 1.72. The van der Waals surface area contributed by atoms with E-state index in [1.807, 2.05) is 4.90 Å². The normalized spacial score (nSPS) is 33.2. The lowest BCUT2D eigenvalue weighted by Gasteiger charge is -2.39. The van der Waals surface area contributed by atoms with Gasteiger partial charge in [-0.15, -0.1) is 0 Å². The molecule has 0 spiro atoms. The molecule has 4 rings (SSSR count). The zero-order valence-electron chi connectivity index (χ0n) is 16.6. The number of carbonyl (C=O) groups excluding carboxylic acids is 1. The smallest absolute Gasteiger partial charge is 0.306 e. The first kappa shape index (κ1) is 23.1. The molecule has 3 heterocycles. The number of alkyl halides is 9. The van der Waals surface area contributed by atoms with Gasteiger partial charge in [-0.25, -0.2) is 0 Å². The van der Waals surface area contributed by atoms with Crippen molar-refractivity contribution in [2.75, 3.05) is 25.0 Å². The van der Waals surface area contributed by atoms with Crippen molar-refractivity contribution in [3.8, 4) is 0 Å². The van der Waals surface area contributed by atoms with Crippen molar-refractivity contribution in [2.45, 2.75) is 55.0 Å². The summed E-state index contributed by atoms with van der Waals surface area (Å²) in [5, 5.41) is 0. The Morgan fingerprint density at radius 1 is 1.09 bits per heavy atom. The number of likely N-dealkylation sites (N-methyl/N-ethyl adjacent to an activating group) is 1. The van der Waals surface area contributed by atoms with Crippen molar-refractivity contribution in [1.29, 1.82) is 0 Å². The number of carbonyl (C=O) groups is 1. The fraction of sp³-hybridized carbons (Fsp3) is 0.632. The highest BCUT2D eigenvalue weighted by molar-refractivity contribution is 6.02. The maximum atomic E-state index is 14.9. The maximum Gasteiger partial charge on any atom is 0.428 e. The van der Waals surface area contributed by atoms with Gasteiger partial charge in [-0.2, -0.15) is 39.5 Å². The highest BCUT2D eigenvalue weighted by atomic mass is 19.4. The number of piperidine rings is 1.